The third-order valence-corrected chi connectivity index (χ3v) is 3.16. The first-order valence-electron chi connectivity index (χ1n) is 6.23. The van der Waals surface area contributed by atoms with Gasteiger partial charge < -0.3 is 20.3 Å². The molecule has 19 heavy (non-hydrogen) atoms. The van der Waals surface area contributed by atoms with E-state index in [9.17, 15) is 15.0 Å². The minimum atomic E-state index is -0.978. The maximum absolute atomic E-state index is 12.1. The molecular weight excluding hydrogens is 246 g/mol. The van der Waals surface area contributed by atoms with E-state index in [0.29, 0.717) is 18.6 Å². The Balaban J connectivity index is 2.85. The van der Waals surface area contributed by atoms with Gasteiger partial charge in [-0.25, -0.2) is 0 Å². The van der Waals surface area contributed by atoms with Crippen LogP contribution >= 0.6 is 0 Å². The van der Waals surface area contributed by atoms with Crippen molar-refractivity contribution in [3.63, 3.8) is 0 Å². The van der Waals surface area contributed by atoms with E-state index in [4.69, 9.17) is 4.74 Å². The predicted molar refractivity (Wildman–Crippen MR) is 71.8 cm³/mol. The quantitative estimate of drug-likeness (QED) is 0.679. The van der Waals surface area contributed by atoms with Crippen LogP contribution in [0.5, 0.6) is 0 Å². The summed E-state index contributed by atoms with van der Waals surface area (Å²) in [5.74, 6) is -0.317. The first kappa shape index (κ1) is 15.6. The number of hydrogen-bond donors (Lipinski definition) is 3. The molecule has 1 aromatic rings. The number of methoxy groups -OCH3 is 1. The van der Waals surface area contributed by atoms with E-state index in [2.05, 4.69) is 5.32 Å². The number of rotatable bonds is 7. The summed E-state index contributed by atoms with van der Waals surface area (Å²) in [5.41, 5.74) is 0.397. The maximum Gasteiger partial charge on any atom is 0.251 e. The summed E-state index contributed by atoms with van der Waals surface area (Å²) in [6, 6.07) is 7.05. The van der Waals surface area contributed by atoms with Crippen LogP contribution in [0.3, 0.4) is 0 Å². The molecule has 0 aliphatic carbocycles. The summed E-state index contributed by atoms with van der Waals surface area (Å²) in [7, 11) is 1.59. The lowest BCUT2D eigenvalue weighted by Crippen LogP contribution is -2.53. The smallest absolute Gasteiger partial charge is 0.251 e. The second kappa shape index (κ2) is 7.23. The maximum atomic E-state index is 12.1. The molecule has 0 bridgehead atoms. The molecule has 0 aliphatic heterocycles. The summed E-state index contributed by atoms with van der Waals surface area (Å²) in [4.78, 5) is 12.1. The van der Waals surface area contributed by atoms with Crippen LogP contribution in [0.1, 0.15) is 29.3 Å². The Hall–Kier alpha value is -1.43. The van der Waals surface area contributed by atoms with Gasteiger partial charge in [0.2, 0.25) is 0 Å². The van der Waals surface area contributed by atoms with Gasteiger partial charge in [0.1, 0.15) is 0 Å². The highest BCUT2D eigenvalue weighted by molar-refractivity contribution is 5.94. The van der Waals surface area contributed by atoms with Crippen LogP contribution in [-0.4, -0.2) is 42.0 Å². The van der Waals surface area contributed by atoms with E-state index in [0.717, 1.165) is 5.56 Å². The van der Waals surface area contributed by atoms with Gasteiger partial charge >= 0.3 is 0 Å². The van der Waals surface area contributed by atoms with Crippen LogP contribution in [0.25, 0.3) is 0 Å². The standard InChI is InChI=1S/C14H21NO4/c1-3-14(9-16,10-17)15-13(18)12-6-4-5-11(7-12)8-19-2/h4-7,16-17H,3,8-10H2,1-2H3,(H,15,18). The SMILES string of the molecule is CCC(CO)(CO)NC(=O)c1cccc(COC)c1. The third-order valence-electron chi connectivity index (χ3n) is 3.16. The van der Waals surface area contributed by atoms with Gasteiger partial charge in [-0.3, -0.25) is 4.79 Å². The number of aliphatic hydroxyl groups is 2. The van der Waals surface area contributed by atoms with Gasteiger partial charge in [-0.2, -0.15) is 0 Å². The molecule has 5 heteroatoms. The van der Waals surface area contributed by atoms with Crippen molar-refractivity contribution in [3.05, 3.63) is 35.4 Å². The molecular formula is C14H21NO4. The predicted octanol–water partition coefficient (Wildman–Crippen LogP) is 0.696. The fourth-order valence-electron chi connectivity index (χ4n) is 1.72. The highest BCUT2D eigenvalue weighted by atomic mass is 16.5. The first-order valence-corrected chi connectivity index (χ1v) is 6.23. The number of amides is 1. The number of benzene rings is 1. The van der Waals surface area contributed by atoms with E-state index in [1.807, 2.05) is 6.07 Å². The van der Waals surface area contributed by atoms with Crippen LogP contribution in [0.15, 0.2) is 24.3 Å². The molecule has 1 aromatic carbocycles. The van der Waals surface area contributed by atoms with Crippen LogP contribution in [0.4, 0.5) is 0 Å². The fourth-order valence-corrected chi connectivity index (χ4v) is 1.72. The van der Waals surface area contributed by atoms with Crippen molar-refractivity contribution in [2.75, 3.05) is 20.3 Å². The number of ether oxygens (including phenoxy) is 1. The van der Waals surface area contributed by atoms with Crippen LogP contribution in [0.2, 0.25) is 0 Å². The summed E-state index contributed by atoms with van der Waals surface area (Å²) in [6.07, 6.45) is 0.448. The molecule has 0 saturated heterocycles. The zero-order valence-electron chi connectivity index (χ0n) is 11.3. The Bertz CT molecular complexity index is 407. The molecule has 0 radical (unpaired) electrons. The molecule has 0 aliphatic rings. The number of aliphatic hydroxyl groups excluding tert-OH is 2. The van der Waals surface area contributed by atoms with Gasteiger partial charge in [0, 0.05) is 12.7 Å². The van der Waals surface area contributed by atoms with Gasteiger partial charge in [0.15, 0.2) is 0 Å². The molecule has 0 spiro atoms. The minimum Gasteiger partial charge on any atom is -0.394 e. The van der Waals surface area contributed by atoms with Gasteiger partial charge in [-0.05, 0) is 24.1 Å². The Morgan fingerprint density at radius 2 is 2.05 bits per heavy atom. The van der Waals surface area contributed by atoms with E-state index in [1.54, 1.807) is 32.2 Å². The van der Waals surface area contributed by atoms with E-state index in [1.165, 1.54) is 0 Å². The molecule has 106 valence electrons. The van der Waals surface area contributed by atoms with Crippen molar-refractivity contribution >= 4 is 5.91 Å². The third kappa shape index (κ3) is 4.02. The highest BCUT2D eigenvalue weighted by Crippen LogP contribution is 2.12. The average Bonchev–Trinajstić information content (AvgIpc) is 2.45. The number of nitrogens with one attached hydrogen (secondary N) is 1. The van der Waals surface area contributed by atoms with E-state index in [-0.39, 0.29) is 19.1 Å². The first-order chi connectivity index (χ1) is 9.10. The molecule has 0 saturated carbocycles. The average molecular weight is 267 g/mol. The Morgan fingerprint density at radius 1 is 1.37 bits per heavy atom. The van der Waals surface area contributed by atoms with E-state index >= 15 is 0 Å². The van der Waals surface area contributed by atoms with Crippen molar-refractivity contribution in [2.24, 2.45) is 0 Å². The second-order valence-electron chi connectivity index (χ2n) is 4.54. The van der Waals surface area contributed by atoms with Gasteiger partial charge in [0.25, 0.3) is 5.91 Å². The van der Waals surface area contributed by atoms with Gasteiger partial charge in [0.05, 0.1) is 25.4 Å². The number of carbonyl (C=O) groups excluding carboxylic acids is 1. The summed E-state index contributed by atoms with van der Waals surface area (Å²) >= 11 is 0. The summed E-state index contributed by atoms with van der Waals surface area (Å²) in [6.45, 7) is 1.63. The minimum absolute atomic E-state index is 0.302. The summed E-state index contributed by atoms with van der Waals surface area (Å²) < 4.78 is 5.02. The Kier molecular flexibility index (Phi) is 5.95. The largest absolute Gasteiger partial charge is 0.394 e. The Morgan fingerprint density at radius 3 is 2.58 bits per heavy atom. The van der Waals surface area contributed by atoms with Crippen molar-refractivity contribution in [1.82, 2.24) is 5.32 Å². The lowest BCUT2D eigenvalue weighted by Gasteiger charge is -2.29. The summed E-state index contributed by atoms with van der Waals surface area (Å²) in [5, 5.41) is 21.3. The molecule has 1 rings (SSSR count). The van der Waals surface area contributed by atoms with E-state index < -0.39 is 5.54 Å². The lowest BCUT2D eigenvalue weighted by molar-refractivity contribution is 0.0652. The van der Waals surface area contributed by atoms with Gasteiger partial charge in [-0.15, -0.1) is 0 Å². The normalized spacial score (nSPS) is 11.4. The lowest BCUT2D eigenvalue weighted by atomic mass is 9.97. The zero-order valence-corrected chi connectivity index (χ0v) is 11.3. The van der Waals surface area contributed by atoms with Crippen molar-refractivity contribution in [2.45, 2.75) is 25.5 Å². The molecule has 0 fully saturated rings. The monoisotopic (exact) mass is 267 g/mol. The topological polar surface area (TPSA) is 78.8 Å². The van der Waals surface area contributed by atoms with Gasteiger partial charge in [-0.1, -0.05) is 19.1 Å². The van der Waals surface area contributed by atoms with Crippen molar-refractivity contribution in [3.8, 4) is 0 Å². The van der Waals surface area contributed by atoms with Crippen LogP contribution in [-0.2, 0) is 11.3 Å². The fraction of sp³-hybridized carbons (Fsp3) is 0.500. The molecule has 5 nitrogen and oxygen atoms in total. The molecule has 0 atom stereocenters. The Labute approximate surface area is 113 Å². The number of carbonyl (C=O) groups is 1. The zero-order chi connectivity index (χ0) is 14.3. The highest BCUT2D eigenvalue weighted by Gasteiger charge is 2.28. The molecule has 0 unspecified atom stereocenters. The second-order valence-corrected chi connectivity index (χ2v) is 4.54. The molecule has 0 aromatic heterocycles. The van der Waals surface area contributed by atoms with Crippen molar-refractivity contribution < 1.29 is 19.7 Å². The molecule has 1 amide bonds. The number of hydrogen-bond acceptors (Lipinski definition) is 4. The molecule has 3 N–H and O–H groups in total. The molecule has 0 heterocycles. The van der Waals surface area contributed by atoms with Crippen molar-refractivity contribution in [1.29, 1.82) is 0 Å². The van der Waals surface area contributed by atoms with Crippen LogP contribution in [0, 0.1) is 0 Å². The van der Waals surface area contributed by atoms with Crippen LogP contribution < -0.4 is 5.32 Å².